The molecule has 4 rings (SSSR count). The second kappa shape index (κ2) is 13.5. The third-order valence-electron chi connectivity index (χ3n) is 7.39. The van der Waals surface area contributed by atoms with Crippen LogP contribution in [0.3, 0.4) is 0 Å². The molecule has 0 unspecified atom stereocenters. The van der Waals surface area contributed by atoms with Gasteiger partial charge in [-0.15, -0.1) is 6.58 Å². The molecule has 1 saturated carbocycles. The molecule has 40 heavy (non-hydrogen) atoms. The van der Waals surface area contributed by atoms with Crippen LogP contribution in [0.5, 0.6) is 0 Å². The number of amides is 2. The molecule has 1 aliphatic carbocycles. The van der Waals surface area contributed by atoms with E-state index in [0.717, 1.165) is 55.5 Å². The van der Waals surface area contributed by atoms with Gasteiger partial charge in [-0.25, -0.2) is 0 Å². The molecule has 0 saturated heterocycles. The molecule has 1 aliphatic rings. The molecule has 0 bridgehead atoms. The Hall–Kier alpha value is -3.81. The van der Waals surface area contributed by atoms with E-state index in [2.05, 4.69) is 6.58 Å². The summed E-state index contributed by atoms with van der Waals surface area (Å²) in [7, 11) is 0. The average Bonchev–Trinajstić information content (AvgIpc) is 3.39. The van der Waals surface area contributed by atoms with Gasteiger partial charge in [-0.3, -0.25) is 9.59 Å². The van der Waals surface area contributed by atoms with E-state index in [1.54, 1.807) is 28.1 Å². The van der Waals surface area contributed by atoms with Gasteiger partial charge in [0, 0.05) is 37.4 Å². The average molecular weight is 552 g/mol. The van der Waals surface area contributed by atoms with Crippen LogP contribution in [0.15, 0.2) is 85.6 Å². The van der Waals surface area contributed by atoms with Crippen molar-refractivity contribution in [3.63, 3.8) is 0 Å². The lowest BCUT2D eigenvalue weighted by Gasteiger charge is -2.31. The Morgan fingerprint density at radius 2 is 1.62 bits per heavy atom. The van der Waals surface area contributed by atoms with Gasteiger partial charge in [-0.2, -0.15) is 13.2 Å². The van der Waals surface area contributed by atoms with Gasteiger partial charge in [0.15, 0.2) is 0 Å². The fourth-order valence-corrected chi connectivity index (χ4v) is 5.28. The SMILES string of the molecule is C=CCN(CC(=O)N(Cc1ccccc1)Cc1cccn1Cc1cccc(C(F)(F)F)c1)C(=O)C1CCCCC1. The van der Waals surface area contributed by atoms with Gasteiger partial charge in [0.1, 0.15) is 6.54 Å². The predicted octanol–water partition coefficient (Wildman–Crippen LogP) is 6.68. The smallest absolute Gasteiger partial charge is 0.345 e. The summed E-state index contributed by atoms with van der Waals surface area (Å²) in [5.41, 5.74) is 1.56. The van der Waals surface area contributed by atoms with Crippen molar-refractivity contribution >= 4 is 11.8 Å². The second-order valence-electron chi connectivity index (χ2n) is 10.4. The van der Waals surface area contributed by atoms with Crippen LogP contribution in [0.1, 0.15) is 54.5 Å². The standard InChI is InChI=1S/C32H36F3N3O2/c1-2-18-37(31(40)27-14-7-4-8-15-27)24-30(39)38(21-25-11-5-3-6-12-25)23-29-17-10-19-36(29)22-26-13-9-16-28(20-26)32(33,34)35/h2-3,5-6,9-13,16-17,19-20,27H,1,4,7-8,14-15,18,21-24H2. The van der Waals surface area contributed by atoms with Crippen molar-refractivity contribution in [3.8, 4) is 0 Å². The molecule has 212 valence electrons. The monoisotopic (exact) mass is 551 g/mol. The van der Waals surface area contributed by atoms with E-state index < -0.39 is 11.7 Å². The largest absolute Gasteiger partial charge is 0.416 e. The first kappa shape index (κ1) is 29.2. The van der Waals surface area contributed by atoms with Gasteiger partial charge in [0.2, 0.25) is 11.8 Å². The molecule has 1 aromatic heterocycles. The second-order valence-corrected chi connectivity index (χ2v) is 10.4. The van der Waals surface area contributed by atoms with E-state index in [9.17, 15) is 22.8 Å². The predicted molar refractivity (Wildman–Crippen MR) is 149 cm³/mol. The van der Waals surface area contributed by atoms with Crippen molar-refractivity contribution in [2.45, 2.75) is 57.9 Å². The Balaban J connectivity index is 1.54. The van der Waals surface area contributed by atoms with Gasteiger partial charge in [0.05, 0.1) is 12.1 Å². The summed E-state index contributed by atoms with van der Waals surface area (Å²) in [6.07, 6.45) is 3.91. The zero-order chi connectivity index (χ0) is 28.5. The lowest BCUT2D eigenvalue weighted by atomic mass is 9.88. The lowest BCUT2D eigenvalue weighted by molar-refractivity contribution is -0.143. The van der Waals surface area contributed by atoms with Gasteiger partial charge < -0.3 is 14.4 Å². The number of hydrogen-bond acceptors (Lipinski definition) is 2. The van der Waals surface area contributed by atoms with Crippen LogP contribution in [-0.4, -0.2) is 39.3 Å². The summed E-state index contributed by atoms with van der Waals surface area (Å²) in [5, 5.41) is 0. The van der Waals surface area contributed by atoms with Crippen LogP contribution in [0, 0.1) is 5.92 Å². The fraction of sp³-hybridized carbons (Fsp3) is 0.375. The van der Waals surface area contributed by atoms with Crippen molar-refractivity contribution in [1.29, 1.82) is 0 Å². The minimum absolute atomic E-state index is 0.000493. The molecular weight excluding hydrogens is 515 g/mol. The summed E-state index contributed by atoms with van der Waals surface area (Å²) in [4.78, 5) is 30.3. The Bertz CT molecular complexity index is 1280. The van der Waals surface area contributed by atoms with Crippen LogP contribution in [0.25, 0.3) is 0 Å². The number of carbonyl (C=O) groups is 2. The number of hydrogen-bond donors (Lipinski definition) is 0. The molecular formula is C32H36F3N3O2. The Kier molecular flexibility index (Phi) is 9.85. The van der Waals surface area contributed by atoms with Crippen LogP contribution in [0.2, 0.25) is 0 Å². The number of rotatable bonds is 11. The van der Waals surface area contributed by atoms with Gasteiger partial charge in [0.25, 0.3) is 0 Å². The van der Waals surface area contributed by atoms with Crippen molar-refractivity contribution in [3.05, 3.63) is 108 Å². The summed E-state index contributed by atoms with van der Waals surface area (Å²) in [6.45, 7) is 4.86. The van der Waals surface area contributed by atoms with Crippen molar-refractivity contribution < 1.29 is 22.8 Å². The summed E-state index contributed by atoms with van der Waals surface area (Å²) < 4.78 is 41.6. The van der Waals surface area contributed by atoms with Crippen molar-refractivity contribution in [2.24, 2.45) is 5.92 Å². The highest BCUT2D eigenvalue weighted by atomic mass is 19.4. The molecule has 3 aromatic rings. The maximum atomic E-state index is 13.7. The van der Waals surface area contributed by atoms with Crippen LogP contribution < -0.4 is 0 Å². The molecule has 0 aliphatic heterocycles. The van der Waals surface area contributed by atoms with Gasteiger partial charge >= 0.3 is 6.18 Å². The third kappa shape index (κ3) is 7.87. The van der Waals surface area contributed by atoms with E-state index in [1.807, 2.05) is 47.0 Å². The number of halogens is 3. The number of aromatic nitrogens is 1. The topological polar surface area (TPSA) is 45.6 Å². The normalized spacial score (nSPS) is 14.1. The fourth-order valence-electron chi connectivity index (χ4n) is 5.28. The minimum Gasteiger partial charge on any atom is -0.345 e. The number of nitrogens with zero attached hydrogens (tertiary/aromatic N) is 3. The third-order valence-corrected chi connectivity index (χ3v) is 7.39. The molecule has 0 atom stereocenters. The maximum absolute atomic E-state index is 13.7. The molecule has 0 spiro atoms. The first-order valence-corrected chi connectivity index (χ1v) is 13.8. The summed E-state index contributed by atoms with van der Waals surface area (Å²) >= 11 is 0. The molecule has 1 fully saturated rings. The first-order valence-electron chi connectivity index (χ1n) is 13.8. The van der Waals surface area contributed by atoms with E-state index in [-0.39, 0.29) is 37.4 Å². The Morgan fingerprint density at radius 1 is 0.900 bits per heavy atom. The quantitative estimate of drug-likeness (QED) is 0.250. The molecule has 1 heterocycles. The molecule has 8 heteroatoms. The van der Waals surface area contributed by atoms with Gasteiger partial charge in [-0.05, 0) is 48.2 Å². The molecule has 0 radical (unpaired) electrons. The molecule has 0 N–H and O–H groups in total. The highest BCUT2D eigenvalue weighted by Crippen LogP contribution is 2.30. The van der Waals surface area contributed by atoms with Crippen molar-refractivity contribution in [2.75, 3.05) is 13.1 Å². The Morgan fingerprint density at radius 3 is 2.33 bits per heavy atom. The molecule has 2 amide bonds. The first-order chi connectivity index (χ1) is 19.2. The van der Waals surface area contributed by atoms with E-state index in [0.29, 0.717) is 18.7 Å². The molecule has 5 nitrogen and oxygen atoms in total. The lowest BCUT2D eigenvalue weighted by Crippen LogP contribution is -2.45. The summed E-state index contributed by atoms with van der Waals surface area (Å²) in [5.74, 6) is -0.254. The van der Waals surface area contributed by atoms with Crippen LogP contribution in [-0.2, 0) is 35.4 Å². The van der Waals surface area contributed by atoms with Crippen LogP contribution >= 0.6 is 0 Å². The van der Waals surface area contributed by atoms with Gasteiger partial charge in [-0.1, -0.05) is 67.8 Å². The maximum Gasteiger partial charge on any atom is 0.416 e. The highest BCUT2D eigenvalue weighted by Gasteiger charge is 2.31. The number of alkyl halides is 3. The number of carbonyl (C=O) groups excluding carboxylic acids is 2. The van der Waals surface area contributed by atoms with E-state index in [4.69, 9.17) is 0 Å². The minimum atomic E-state index is -4.42. The number of benzene rings is 2. The van der Waals surface area contributed by atoms with Crippen molar-refractivity contribution in [1.82, 2.24) is 14.4 Å². The zero-order valence-electron chi connectivity index (χ0n) is 22.7. The highest BCUT2D eigenvalue weighted by molar-refractivity contribution is 5.86. The van der Waals surface area contributed by atoms with Crippen LogP contribution in [0.4, 0.5) is 13.2 Å². The summed E-state index contributed by atoms with van der Waals surface area (Å²) in [6, 6.07) is 18.6. The molecule has 2 aromatic carbocycles. The van der Waals surface area contributed by atoms with E-state index in [1.165, 1.54) is 6.07 Å². The zero-order valence-corrected chi connectivity index (χ0v) is 22.7. The Labute approximate surface area is 233 Å². The van der Waals surface area contributed by atoms with E-state index >= 15 is 0 Å².